The SMILES string of the molecule is CCOc1ccc(C(C)NCC2CC2)cc1. The second-order valence-corrected chi connectivity index (χ2v) is 4.58. The molecule has 16 heavy (non-hydrogen) atoms. The molecule has 0 saturated heterocycles. The van der Waals surface area contributed by atoms with E-state index in [4.69, 9.17) is 4.74 Å². The van der Waals surface area contributed by atoms with Crippen LogP contribution in [0.3, 0.4) is 0 Å². The first-order valence-electron chi connectivity index (χ1n) is 6.25. The molecule has 0 heterocycles. The van der Waals surface area contributed by atoms with E-state index in [1.165, 1.54) is 18.4 Å². The van der Waals surface area contributed by atoms with Crippen LogP contribution < -0.4 is 10.1 Å². The Kier molecular flexibility index (Phi) is 3.83. The van der Waals surface area contributed by atoms with Crippen molar-refractivity contribution in [1.29, 1.82) is 0 Å². The standard InChI is InChI=1S/C14H21NO/c1-3-16-14-8-6-13(7-9-14)11(2)15-10-12-4-5-12/h6-9,11-12,15H,3-5,10H2,1-2H3. The third-order valence-electron chi connectivity index (χ3n) is 3.10. The van der Waals surface area contributed by atoms with Crippen LogP contribution in [0.25, 0.3) is 0 Å². The monoisotopic (exact) mass is 219 g/mol. The van der Waals surface area contributed by atoms with Gasteiger partial charge in [0.1, 0.15) is 5.75 Å². The van der Waals surface area contributed by atoms with Crippen molar-refractivity contribution in [1.82, 2.24) is 5.32 Å². The van der Waals surface area contributed by atoms with Gasteiger partial charge in [0.25, 0.3) is 0 Å². The van der Waals surface area contributed by atoms with E-state index in [0.717, 1.165) is 24.8 Å². The Labute approximate surface area is 98.0 Å². The Bertz CT molecular complexity index is 316. The van der Waals surface area contributed by atoms with Gasteiger partial charge in [0, 0.05) is 6.04 Å². The number of nitrogens with one attached hydrogen (secondary N) is 1. The highest BCUT2D eigenvalue weighted by atomic mass is 16.5. The zero-order chi connectivity index (χ0) is 11.4. The second-order valence-electron chi connectivity index (χ2n) is 4.58. The van der Waals surface area contributed by atoms with E-state index in [0.29, 0.717) is 6.04 Å². The molecule has 1 aromatic rings. The van der Waals surface area contributed by atoms with Crippen LogP contribution in [-0.4, -0.2) is 13.2 Å². The molecule has 1 aromatic carbocycles. The van der Waals surface area contributed by atoms with Gasteiger partial charge in [-0.15, -0.1) is 0 Å². The van der Waals surface area contributed by atoms with E-state index in [-0.39, 0.29) is 0 Å². The fourth-order valence-corrected chi connectivity index (χ4v) is 1.80. The van der Waals surface area contributed by atoms with Crippen molar-refractivity contribution in [2.45, 2.75) is 32.7 Å². The van der Waals surface area contributed by atoms with Crippen molar-refractivity contribution < 1.29 is 4.74 Å². The highest BCUT2D eigenvalue weighted by Crippen LogP contribution is 2.28. The third-order valence-corrected chi connectivity index (χ3v) is 3.10. The van der Waals surface area contributed by atoms with Gasteiger partial charge < -0.3 is 10.1 Å². The molecule has 2 nitrogen and oxygen atoms in total. The molecule has 1 N–H and O–H groups in total. The molecule has 1 fully saturated rings. The smallest absolute Gasteiger partial charge is 0.119 e. The lowest BCUT2D eigenvalue weighted by Crippen LogP contribution is -2.20. The summed E-state index contributed by atoms with van der Waals surface area (Å²) in [5.41, 5.74) is 1.34. The molecule has 0 radical (unpaired) electrons. The van der Waals surface area contributed by atoms with Gasteiger partial charge in [0.2, 0.25) is 0 Å². The summed E-state index contributed by atoms with van der Waals surface area (Å²) >= 11 is 0. The fraction of sp³-hybridized carbons (Fsp3) is 0.571. The molecular formula is C14H21NO. The normalized spacial score (nSPS) is 17.1. The third kappa shape index (κ3) is 3.24. The van der Waals surface area contributed by atoms with E-state index in [1.807, 2.05) is 19.1 Å². The van der Waals surface area contributed by atoms with Crippen molar-refractivity contribution in [3.8, 4) is 5.75 Å². The Hall–Kier alpha value is -1.02. The van der Waals surface area contributed by atoms with Crippen LogP contribution in [0.5, 0.6) is 5.75 Å². The Morgan fingerprint density at radius 3 is 2.56 bits per heavy atom. The average molecular weight is 219 g/mol. The first kappa shape index (κ1) is 11.5. The number of hydrogen-bond donors (Lipinski definition) is 1. The van der Waals surface area contributed by atoms with Gasteiger partial charge in [-0.3, -0.25) is 0 Å². The van der Waals surface area contributed by atoms with Crippen molar-refractivity contribution in [3.63, 3.8) is 0 Å². The molecule has 0 aliphatic heterocycles. The second kappa shape index (κ2) is 5.35. The Morgan fingerprint density at radius 1 is 1.31 bits per heavy atom. The molecule has 1 atom stereocenters. The lowest BCUT2D eigenvalue weighted by atomic mass is 10.1. The predicted octanol–water partition coefficient (Wildman–Crippen LogP) is 3.15. The largest absolute Gasteiger partial charge is 0.494 e. The molecule has 1 saturated carbocycles. The lowest BCUT2D eigenvalue weighted by molar-refractivity contribution is 0.340. The van der Waals surface area contributed by atoms with Crippen molar-refractivity contribution in [2.24, 2.45) is 5.92 Å². The van der Waals surface area contributed by atoms with Crippen molar-refractivity contribution in [2.75, 3.05) is 13.2 Å². The zero-order valence-electron chi connectivity index (χ0n) is 10.2. The molecule has 88 valence electrons. The van der Waals surface area contributed by atoms with Gasteiger partial charge in [-0.2, -0.15) is 0 Å². The fourth-order valence-electron chi connectivity index (χ4n) is 1.80. The topological polar surface area (TPSA) is 21.3 Å². The minimum Gasteiger partial charge on any atom is -0.494 e. The maximum absolute atomic E-state index is 5.43. The van der Waals surface area contributed by atoms with E-state index >= 15 is 0 Å². The average Bonchev–Trinajstić information content (AvgIpc) is 3.11. The first-order valence-corrected chi connectivity index (χ1v) is 6.25. The summed E-state index contributed by atoms with van der Waals surface area (Å²) in [4.78, 5) is 0. The predicted molar refractivity (Wildman–Crippen MR) is 66.8 cm³/mol. The van der Waals surface area contributed by atoms with Crippen LogP contribution in [0.2, 0.25) is 0 Å². The van der Waals surface area contributed by atoms with Crippen LogP contribution >= 0.6 is 0 Å². The number of benzene rings is 1. The van der Waals surface area contributed by atoms with Gasteiger partial charge in [-0.05, 0) is 56.8 Å². The van der Waals surface area contributed by atoms with Gasteiger partial charge in [-0.1, -0.05) is 12.1 Å². The number of hydrogen-bond acceptors (Lipinski definition) is 2. The minimum absolute atomic E-state index is 0.441. The molecule has 0 spiro atoms. The summed E-state index contributed by atoms with van der Waals surface area (Å²) in [6.45, 7) is 6.12. The Morgan fingerprint density at radius 2 is 2.00 bits per heavy atom. The lowest BCUT2D eigenvalue weighted by Gasteiger charge is -2.14. The summed E-state index contributed by atoms with van der Waals surface area (Å²) in [5.74, 6) is 1.89. The molecule has 1 unspecified atom stereocenters. The molecule has 2 rings (SSSR count). The van der Waals surface area contributed by atoms with Crippen LogP contribution in [-0.2, 0) is 0 Å². The zero-order valence-corrected chi connectivity index (χ0v) is 10.2. The highest BCUT2D eigenvalue weighted by Gasteiger charge is 2.21. The van der Waals surface area contributed by atoms with E-state index in [2.05, 4.69) is 24.4 Å². The van der Waals surface area contributed by atoms with Crippen LogP contribution in [0.15, 0.2) is 24.3 Å². The van der Waals surface area contributed by atoms with Gasteiger partial charge in [0.15, 0.2) is 0 Å². The number of ether oxygens (including phenoxy) is 1. The minimum atomic E-state index is 0.441. The molecule has 0 aromatic heterocycles. The molecule has 0 amide bonds. The highest BCUT2D eigenvalue weighted by molar-refractivity contribution is 5.28. The maximum atomic E-state index is 5.43. The summed E-state index contributed by atoms with van der Waals surface area (Å²) < 4.78 is 5.43. The summed E-state index contributed by atoms with van der Waals surface area (Å²) in [7, 11) is 0. The molecule has 1 aliphatic rings. The van der Waals surface area contributed by atoms with Gasteiger partial charge >= 0.3 is 0 Å². The quantitative estimate of drug-likeness (QED) is 0.793. The molecule has 1 aliphatic carbocycles. The van der Waals surface area contributed by atoms with E-state index in [9.17, 15) is 0 Å². The molecular weight excluding hydrogens is 198 g/mol. The van der Waals surface area contributed by atoms with E-state index < -0.39 is 0 Å². The van der Waals surface area contributed by atoms with Gasteiger partial charge in [0.05, 0.1) is 6.61 Å². The maximum Gasteiger partial charge on any atom is 0.119 e. The molecule has 0 bridgehead atoms. The first-order chi connectivity index (χ1) is 7.79. The van der Waals surface area contributed by atoms with Crippen LogP contribution in [0, 0.1) is 5.92 Å². The Balaban J connectivity index is 1.86. The van der Waals surface area contributed by atoms with Crippen LogP contribution in [0.1, 0.15) is 38.3 Å². The van der Waals surface area contributed by atoms with Crippen molar-refractivity contribution >= 4 is 0 Å². The summed E-state index contributed by atoms with van der Waals surface area (Å²) in [5, 5.41) is 3.57. The van der Waals surface area contributed by atoms with Gasteiger partial charge in [-0.25, -0.2) is 0 Å². The summed E-state index contributed by atoms with van der Waals surface area (Å²) in [6, 6.07) is 8.84. The van der Waals surface area contributed by atoms with Crippen LogP contribution in [0.4, 0.5) is 0 Å². The summed E-state index contributed by atoms with van der Waals surface area (Å²) in [6.07, 6.45) is 2.81. The van der Waals surface area contributed by atoms with E-state index in [1.54, 1.807) is 0 Å². The molecule has 2 heteroatoms. The van der Waals surface area contributed by atoms with Crippen molar-refractivity contribution in [3.05, 3.63) is 29.8 Å². The number of rotatable bonds is 6.